The molecule has 82 heavy (non-hydrogen) atoms. The highest BCUT2D eigenvalue weighted by atomic mass is 16.7. The third-order valence-corrected chi connectivity index (χ3v) is 16.7. The Kier molecular flexibility index (Phi) is 51.2. The molecule has 2 fully saturated rings. The maximum absolute atomic E-state index is 13.1. The predicted molar refractivity (Wildman–Crippen MR) is 330 cm³/mol. The van der Waals surface area contributed by atoms with E-state index in [2.05, 4.69) is 38.2 Å². The van der Waals surface area contributed by atoms with E-state index >= 15 is 0 Å². The number of aliphatic hydroxyl groups excluding tert-OH is 7. The van der Waals surface area contributed by atoms with Crippen LogP contribution in [0.15, 0.2) is 24.3 Å². The van der Waals surface area contributed by atoms with E-state index in [9.17, 15) is 40.5 Å². The minimum Gasteiger partial charge on any atom is -0.457 e. The van der Waals surface area contributed by atoms with Crippen molar-refractivity contribution in [3.05, 3.63) is 24.3 Å². The van der Waals surface area contributed by atoms with Gasteiger partial charge in [0.1, 0.15) is 54.9 Å². The highest BCUT2D eigenvalue weighted by Gasteiger charge is 2.47. The van der Waals surface area contributed by atoms with Gasteiger partial charge in [-0.15, -0.1) is 0 Å². The van der Waals surface area contributed by atoms with E-state index in [4.69, 9.17) is 28.4 Å². The van der Waals surface area contributed by atoms with Crippen LogP contribution >= 0.6 is 0 Å². The van der Waals surface area contributed by atoms with Crippen LogP contribution in [-0.2, 0) is 33.2 Å². The molecule has 2 heterocycles. The number of hydrogen-bond acceptors (Lipinski definition) is 14. The molecule has 0 bridgehead atoms. The standard InChI is InChI=1S/C68H128O14/c1-3-5-7-9-11-13-15-17-19-21-23-25-27-28-30-32-34-36-38-40-42-44-46-48-50-52-77-54-57(55-78-67-66(76)64(74)62(72)59(82-67)56-79-68-65(75)63(73)61(71)58(53-69)81-68)80-60(70)51-49-47-45-43-41-39-37-35-33-31-29-26-24-22-20-18-16-14-12-10-8-6-4-2/h16,18,22,24,57-59,61-69,71-76H,3-15,17,19-21,23,25-56H2,1-2H3/b18-16-,24-22-. The summed E-state index contributed by atoms with van der Waals surface area (Å²) < 4.78 is 34.6. The van der Waals surface area contributed by atoms with Gasteiger partial charge >= 0.3 is 5.97 Å². The summed E-state index contributed by atoms with van der Waals surface area (Å²) in [5.41, 5.74) is 0. The third kappa shape index (κ3) is 40.0. The summed E-state index contributed by atoms with van der Waals surface area (Å²) >= 11 is 0. The molecule has 0 spiro atoms. The molecule has 484 valence electrons. The van der Waals surface area contributed by atoms with E-state index < -0.39 is 80.7 Å². The fraction of sp³-hybridized carbons (Fsp3) is 0.926. The zero-order chi connectivity index (χ0) is 59.4. The predicted octanol–water partition coefficient (Wildman–Crippen LogP) is 14.3. The zero-order valence-electron chi connectivity index (χ0n) is 52.5. The van der Waals surface area contributed by atoms with Crippen LogP contribution in [0.2, 0.25) is 0 Å². The van der Waals surface area contributed by atoms with Gasteiger partial charge in [-0.05, 0) is 44.9 Å². The first-order chi connectivity index (χ1) is 40.1. The van der Waals surface area contributed by atoms with Crippen molar-refractivity contribution >= 4 is 5.97 Å². The number of carbonyl (C=O) groups is 1. The first-order valence-electron chi connectivity index (χ1n) is 34.4. The average Bonchev–Trinajstić information content (AvgIpc) is 3.48. The zero-order valence-corrected chi connectivity index (χ0v) is 52.5. The fourth-order valence-corrected chi connectivity index (χ4v) is 11.2. The van der Waals surface area contributed by atoms with Gasteiger partial charge in [-0.3, -0.25) is 4.79 Å². The Morgan fingerprint density at radius 3 is 1.17 bits per heavy atom. The molecule has 0 radical (unpaired) electrons. The van der Waals surface area contributed by atoms with Gasteiger partial charge in [0.2, 0.25) is 0 Å². The van der Waals surface area contributed by atoms with Crippen LogP contribution in [0.3, 0.4) is 0 Å². The largest absolute Gasteiger partial charge is 0.457 e. The van der Waals surface area contributed by atoms with E-state index in [1.807, 2.05) is 0 Å². The molecule has 0 aromatic heterocycles. The second-order valence-electron chi connectivity index (χ2n) is 24.4. The van der Waals surface area contributed by atoms with Gasteiger partial charge in [-0.1, -0.05) is 276 Å². The van der Waals surface area contributed by atoms with E-state index in [0.29, 0.717) is 13.0 Å². The summed E-state index contributed by atoms with van der Waals surface area (Å²) in [6.45, 7) is 3.76. The molecular formula is C68H128O14. The number of unbranched alkanes of at least 4 members (excludes halogenated alkanes) is 40. The Hall–Kier alpha value is -1.53. The number of ether oxygens (including phenoxy) is 6. The van der Waals surface area contributed by atoms with Crippen molar-refractivity contribution in [2.45, 2.75) is 370 Å². The molecule has 2 aliphatic rings. The molecule has 2 aliphatic heterocycles. The molecule has 2 saturated heterocycles. The smallest absolute Gasteiger partial charge is 0.306 e. The van der Waals surface area contributed by atoms with Crippen molar-refractivity contribution in [3.8, 4) is 0 Å². The summed E-state index contributed by atoms with van der Waals surface area (Å²) in [6, 6.07) is 0. The Balaban J connectivity index is 1.64. The monoisotopic (exact) mass is 1170 g/mol. The Labute approximate surface area is 500 Å². The highest BCUT2D eigenvalue weighted by molar-refractivity contribution is 5.69. The summed E-state index contributed by atoms with van der Waals surface area (Å²) in [6.07, 6.45) is 49.7. The van der Waals surface area contributed by atoms with Gasteiger partial charge in [-0.2, -0.15) is 0 Å². The number of hydrogen-bond donors (Lipinski definition) is 7. The maximum atomic E-state index is 13.1. The lowest BCUT2D eigenvalue weighted by molar-refractivity contribution is -0.332. The molecule has 11 atom stereocenters. The molecule has 14 heteroatoms. The second-order valence-corrected chi connectivity index (χ2v) is 24.4. The van der Waals surface area contributed by atoms with Crippen LogP contribution in [0.25, 0.3) is 0 Å². The highest BCUT2D eigenvalue weighted by Crippen LogP contribution is 2.27. The van der Waals surface area contributed by atoms with E-state index in [-0.39, 0.29) is 25.6 Å². The van der Waals surface area contributed by atoms with Crippen molar-refractivity contribution in [2.24, 2.45) is 0 Å². The maximum Gasteiger partial charge on any atom is 0.306 e. The molecule has 7 N–H and O–H groups in total. The van der Waals surface area contributed by atoms with E-state index in [0.717, 1.165) is 44.9 Å². The van der Waals surface area contributed by atoms with Gasteiger partial charge in [0.15, 0.2) is 12.6 Å². The Morgan fingerprint density at radius 2 is 0.756 bits per heavy atom. The topological polar surface area (TPSA) is 214 Å². The Bertz CT molecular complexity index is 1450. The first-order valence-corrected chi connectivity index (χ1v) is 34.4. The molecule has 0 aromatic carbocycles. The quantitative estimate of drug-likeness (QED) is 0.0171. The number of rotatable bonds is 58. The van der Waals surface area contributed by atoms with Crippen LogP contribution < -0.4 is 0 Å². The molecule has 2 rings (SSSR count). The molecular weight excluding hydrogens is 1040 g/mol. The second kappa shape index (κ2) is 54.8. The third-order valence-electron chi connectivity index (χ3n) is 16.7. The van der Waals surface area contributed by atoms with Crippen molar-refractivity contribution in [2.75, 3.05) is 33.0 Å². The first kappa shape index (κ1) is 76.6. The van der Waals surface area contributed by atoms with Gasteiger partial charge in [0, 0.05) is 13.0 Å². The summed E-state index contributed by atoms with van der Waals surface area (Å²) in [7, 11) is 0. The van der Waals surface area contributed by atoms with Gasteiger partial charge in [0.05, 0.1) is 26.4 Å². The van der Waals surface area contributed by atoms with Crippen molar-refractivity contribution in [1.82, 2.24) is 0 Å². The van der Waals surface area contributed by atoms with Gasteiger partial charge in [0.25, 0.3) is 0 Å². The molecule has 0 aromatic rings. The number of esters is 1. The Morgan fingerprint density at radius 1 is 0.402 bits per heavy atom. The summed E-state index contributed by atoms with van der Waals surface area (Å²) in [5, 5.41) is 72.6. The van der Waals surface area contributed by atoms with Crippen LogP contribution in [0.5, 0.6) is 0 Å². The average molecular weight is 1170 g/mol. The molecule has 0 aliphatic carbocycles. The molecule has 0 saturated carbocycles. The summed E-state index contributed by atoms with van der Waals surface area (Å²) in [4.78, 5) is 13.1. The van der Waals surface area contributed by atoms with Crippen LogP contribution in [0.4, 0.5) is 0 Å². The van der Waals surface area contributed by atoms with Crippen LogP contribution in [0.1, 0.15) is 303 Å². The van der Waals surface area contributed by atoms with Crippen molar-refractivity contribution in [3.63, 3.8) is 0 Å². The SMILES string of the molecule is CCCCCCC/C=C\C/C=C\CCCCCCCCCCCCCC(=O)OC(COCCCCCCCCCCCCCCCCCCCCCCCCCCC)COC1OC(COC2OC(CO)C(O)C(O)C2O)C(O)C(O)C1O. The van der Waals surface area contributed by atoms with E-state index in [1.165, 1.54) is 231 Å². The minimum atomic E-state index is -1.71. The molecule has 0 amide bonds. The normalized spacial score (nSPS) is 23.6. The number of aliphatic hydroxyl groups is 7. The number of allylic oxidation sites excluding steroid dienone is 4. The van der Waals surface area contributed by atoms with Gasteiger partial charge < -0.3 is 64.2 Å². The lowest BCUT2D eigenvalue weighted by Crippen LogP contribution is -2.61. The minimum absolute atomic E-state index is 0.0665. The number of carbonyl (C=O) groups excluding carboxylic acids is 1. The van der Waals surface area contributed by atoms with Crippen LogP contribution in [0, 0.1) is 0 Å². The fourth-order valence-electron chi connectivity index (χ4n) is 11.2. The van der Waals surface area contributed by atoms with Crippen molar-refractivity contribution in [1.29, 1.82) is 0 Å². The lowest BCUT2D eigenvalue weighted by Gasteiger charge is -2.42. The molecule has 14 nitrogen and oxygen atoms in total. The van der Waals surface area contributed by atoms with Gasteiger partial charge in [-0.25, -0.2) is 0 Å². The van der Waals surface area contributed by atoms with E-state index in [1.54, 1.807) is 0 Å². The van der Waals surface area contributed by atoms with Crippen LogP contribution in [-0.4, -0.2) is 142 Å². The molecule has 11 unspecified atom stereocenters. The summed E-state index contributed by atoms with van der Waals surface area (Å²) in [5.74, 6) is -0.371. The van der Waals surface area contributed by atoms with Crippen molar-refractivity contribution < 1.29 is 69.0 Å². The lowest BCUT2D eigenvalue weighted by atomic mass is 9.98.